The maximum atomic E-state index is 13.7. The average Bonchev–Trinajstić information content (AvgIpc) is 2.30. The fourth-order valence-corrected chi connectivity index (χ4v) is 1.20. The fraction of sp³-hybridized carbons (Fsp3) is 0.200. The first kappa shape index (κ1) is 12.5. The topological polar surface area (TPSA) is 98.8 Å². The Bertz CT molecular complexity index is 544. The molecule has 0 aromatic heterocycles. The van der Waals surface area contributed by atoms with Gasteiger partial charge in [-0.2, -0.15) is 5.26 Å². The normalized spacial score (nSPS) is 9.00. The van der Waals surface area contributed by atoms with Gasteiger partial charge in [0.25, 0.3) is 5.91 Å². The summed E-state index contributed by atoms with van der Waals surface area (Å²) in [5.41, 5.74) is 7.24. The lowest BCUT2D eigenvalue weighted by Gasteiger charge is -2.07. The second-order valence-corrected chi connectivity index (χ2v) is 2.84. The second kappa shape index (κ2) is 5.49. The highest BCUT2D eigenvalue weighted by atomic mass is 19.1. The summed E-state index contributed by atoms with van der Waals surface area (Å²) in [7, 11) is 0. The summed E-state index contributed by atoms with van der Waals surface area (Å²) in [6.45, 7) is 1.94. The van der Waals surface area contributed by atoms with E-state index in [0.717, 1.165) is 6.07 Å². The van der Waals surface area contributed by atoms with Crippen LogP contribution in [0.3, 0.4) is 0 Å². The Morgan fingerprint density at radius 2 is 2.41 bits per heavy atom. The predicted molar refractivity (Wildman–Crippen MR) is 55.8 cm³/mol. The number of nitrogens with zero attached hydrogens (tertiary/aromatic N) is 4. The number of amides is 1. The van der Waals surface area contributed by atoms with E-state index >= 15 is 0 Å². The molecule has 1 aromatic rings. The van der Waals surface area contributed by atoms with Gasteiger partial charge in [0.1, 0.15) is 17.4 Å². The summed E-state index contributed by atoms with van der Waals surface area (Å²) in [6, 6.07) is 3.99. The van der Waals surface area contributed by atoms with Crippen molar-refractivity contribution >= 4 is 5.91 Å². The van der Waals surface area contributed by atoms with Crippen molar-refractivity contribution in [3.63, 3.8) is 0 Å². The Morgan fingerprint density at radius 1 is 1.71 bits per heavy atom. The zero-order valence-corrected chi connectivity index (χ0v) is 8.85. The lowest BCUT2D eigenvalue weighted by molar-refractivity contribution is 0.0996. The average molecular weight is 234 g/mol. The summed E-state index contributed by atoms with van der Waals surface area (Å²) in [5.74, 6) is -2.08. The van der Waals surface area contributed by atoms with Crippen LogP contribution in [0.5, 0.6) is 5.75 Å². The van der Waals surface area contributed by atoms with Gasteiger partial charge >= 0.3 is 0 Å². The van der Waals surface area contributed by atoms with E-state index in [9.17, 15) is 9.18 Å². The Labute approximate surface area is 95.9 Å². The van der Waals surface area contributed by atoms with Crippen LogP contribution in [0.25, 0.3) is 10.4 Å². The molecule has 86 valence electrons. The van der Waals surface area contributed by atoms with Crippen LogP contribution in [-0.4, -0.2) is 12.5 Å². The van der Waals surface area contributed by atoms with Crippen LogP contribution in [0.4, 0.5) is 4.39 Å². The molecule has 0 atom stereocenters. The summed E-state index contributed by atoms with van der Waals surface area (Å²) < 4.78 is 18.8. The van der Waals surface area contributed by atoms with Gasteiger partial charge in [0, 0.05) is 4.91 Å². The van der Waals surface area contributed by atoms with Crippen LogP contribution < -0.4 is 4.74 Å². The summed E-state index contributed by atoms with van der Waals surface area (Å²) >= 11 is 0. The van der Waals surface area contributed by atoms with Crippen LogP contribution in [0.2, 0.25) is 0 Å². The van der Waals surface area contributed by atoms with E-state index in [4.69, 9.17) is 15.5 Å². The minimum Gasteiger partial charge on any atom is -0.492 e. The Morgan fingerprint density at radius 3 is 2.94 bits per heavy atom. The number of benzene rings is 1. The molecule has 6 nitrogen and oxygen atoms in total. The molecule has 1 rings (SSSR count). The molecule has 7 heteroatoms. The van der Waals surface area contributed by atoms with Crippen LogP contribution >= 0.6 is 0 Å². The zero-order valence-electron chi connectivity index (χ0n) is 8.85. The number of hydrogen-bond acceptors (Lipinski definition) is 3. The van der Waals surface area contributed by atoms with Crippen molar-refractivity contribution in [1.82, 2.24) is 0 Å². The molecule has 0 heterocycles. The molecule has 0 aliphatic carbocycles. The lowest BCUT2D eigenvalue weighted by atomic mass is 10.1. The van der Waals surface area contributed by atoms with Gasteiger partial charge in [0.2, 0.25) is 0 Å². The van der Waals surface area contributed by atoms with Gasteiger partial charge in [-0.3, -0.25) is 4.79 Å². The molecule has 0 saturated heterocycles. The van der Waals surface area contributed by atoms with E-state index in [1.165, 1.54) is 6.07 Å². The number of carbonyl (C=O) groups excluding carboxylic acids is 1. The van der Waals surface area contributed by atoms with Crippen molar-refractivity contribution in [2.45, 2.75) is 6.92 Å². The monoisotopic (exact) mass is 234 g/mol. The maximum absolute atomic E-state index is 13.7. The van der Waals surface area contributed by atoms with Gasteiger partial charge in [-0.15, -0.1) is 0 Å². The second-order valence-electron chi connectivity index (χ2n) is 2.84. The van der Waals surface area contributed by atoms with Gasteiger partial charge < -0.3 is 4.74 Å². The first-order valence-electron chi connectivity index (χ1n) is 4.60. The quantitative estimate of drug-likeness (QED) is 0.456. The first-order chi connectivity index (χ1) is 8.15. The molecular weight excluding hydrogens is 227 g/mol. The molecule has 0 radical (unpaired) electrons. The van der Waals surface area contributed by atoms with Crippen molar-refractivity contribution in [2.24, 2.45) is 5.11 Å². The van der Waals surface area contributed by atoms with Gasteiger partial charge in [-0.05, 0) is 29.7 Å². The van der Waals surface area contributed by atoms with Crippen molar-refractivity contribution in [1.29, 1.82) is 5.26 Å². The molecule has 1 aromatic carbocycles. The van der Waals surface area contributed by atoms with E-state index in [2.05, 4.69) is 10.0 Å². The predicted octanol–water partition coefficient (Wildman–Crippen LogP) is 2.55. The van der Waals surface area contributed by atoms with E-state index in [0.29, 0.717) is 0 Å². The molecule has 0 N–H and O–H groups in total. The molecule has 0 spiro atoms. The third kappa shape index (κ3) is 2.51. The summed E-state index contributed by atoms with van der Waals surface area (Å²) in [4.78, 5) is 13.5. The minimum absolute atomic E-state index is 0.0463. The highest BCUT2D eigenvalue weighted by Gasteiger charge is 2.18. The largest absolute Gasteiger partial charge is 0.492 e. The number of azide groups is 1. The van der Waals surface area contributed by atoms with E-state index < -0.39 is 17.3 Å². The third-order valence-electron chi connectivity index (χ3n) is 1.88. The smallest absolute Gasteiger partial charge is 0.252 e. The number of nitriles is 1. The van der Waals surface area contributed by atoms with Crippen LogP contribution in [0.15, 0.2) is 17.2 Å². The molecular formula is C10H7FN4O2. The molecule has 0 saturated carbocycles. The highest BCUT2D eigenvalue weighted by molar-refractivity contribution is 5.95. The van der Waals surface area contributed by atoms with Gasteiger partial charge in [0.15, 0.2) is 5.82 Å². The summed E-state index contributed by atoms with van der Waals surface area (Å²) in [6.07, 6.45) is 0. The van der Waals surface area contributed by atoms with Crippen molar-refractivity contribution < 1.29 is 13.9 Å². The highest BCUT2D eigenvalue weighted by Crippen LogP contribution is 2.24. The van der Waals surface area contributed by atoms with E-state index in [1.54, 1.807) is 13.0 Å². The third-order valence-corrected chi connectivity index (χ3v) is 1.88. The fourth-order valence-electron chi connectivity index (χ4n) is 1.20. The van der Waals surface area contributed by atoms with Gasteiger partial charge in [-0.25, -0.2) is 4.39 Å². The standard InChI is InChI=1S/C10H7FN4O2/c1-2-17-8-4-3-6(10(16)14-15-13)9(11)7(8)5-12/h3-4H,2H2,1H3. The molecule has 0 aliphatic rings. The first-order valence-corrected chi connectivity index (χ1v) is 4.60. The number of carbonyl (C=O) groups is 1. The molecule has 17 heavy (non-hydrogen) atoms. The summed E-state index contributed by atoms with van der Waals surface area (Å²) in [5, 5.41) is 11.5. The van der Waals surface area contributed by atoms with Crippen LogP contribution in [0, 0.1) is 17.1 Å². The molecule has 0 aliphatic heterocycles. The minimum atomic E-state index is -1.08. The van der Waals surface area contributed by atoms with E-state index in [1.807, 2.05) is 0 Å². The van der Waals surface area contributed by atoms with Crippen molar-refractivity contribution in [3.05, 3.63) is 39.5 Å². The Kier molecular flexibility index (Phi) is 4.03. The van der Waals surface area contributed by atoms with Gasteiger partial charge in [0.05, 0.1) is 12.2 Å². The van der Waals surface area contributed by atoms with Crippen LogP contribution in [-0.2, 0) is 0 Å². The number of ether oxygens (including phenoxy) is 1. The maximum Gasteiger partial charge on any atom is 0.252 e. The molecule has 0 unspecified atom stereocenters. The Hall–Kier alpha value is -2.58. The lowest BCUT2D eigenvalue weighted by Crippen LogP contribution is -2.03. The van der Waals surface area contributed by atoms with Crippen molar-refractivity contribution in [2.75, 3.05) is 6.61 Å². The zero-order chi connectivity index (χ0) is 12.8. The van der Waals surface area contributed by atoms with E-state index in [-0.39, 0.29) is 17.9 Å². The number of rotatable bonds is 3. The van der Waals surface area contributed by atoms with Crippen LogP contribution in [0.1, 0.15) is 22.8 Å². The number of hydrogen-bond donors (Lipinski definition) is 0. The SMILES string of the molecule is CCOc1ccc(C(=O)N=[N+]=[N-])c(F)c1C#N. The molecule has 0 fully saturated rings. The molecule has 1 amide bonds. The Balaban J connectivity index is 3.35. The van der Waals surface area contributed by atoms with Crippen molar-refractivity contribution in [3.8, 4) is 11.8 Å². The van der Waals surface area contributed by atoms with Gasteiger partial charge in [-0.1, -0.05) is 0 Å². The molecule has 0 bridgehead atoms. The number of halogens is 1.